The van der Waals surface area contributed by atoms with Gasteiger partial charge in [-0.15, -0.1) is 0 Å². The fourth-order valence-corrected chi connectivity index (χ4v) is 2.03. The Labute approximate surface area is 104 Å². The molecule has 96 valence electrons. The molecule has 0 radical (unpaired) electrons. The van der Waals surface area contributed by atoms with E-state index in [0.717, 1.165) is 0 Å². The Kier molecular flexibility index (Phi) is 3.45. The number of carboxylic acids is 1. The van der Waals surface area contributed by atoms with Crippen LogP contribution in [-0.2, 0) is 4.79 Å². The van der Waals surface area contributed by atoms with Crippen LogP contribution >= 0.6 is 0 Å². The minimum Gasteiger partial charge on any atom is -0.481 e. The van der Waals surface area contributed by atoms with Crippen LogP contribution in [0.2, 0.25) is 0 Å². The van der Waals surface area contributed by atoms with Crippen LogP contribution in [0.4, 0.5) is 0 Å². The number of nitrogens with zero attached hydrogens (tertiary/aromatic N) is 2. The lowest BCUT2D eigenvalue weighted by Crippen LogP contribution is -2.30. The van der Waals surface area contributed by atoms with Crippen LogP contribution in [0.5, 0.6) is 5.88 Å². The quantitative estimate of drug-likeness (QED) is 0.851. The molecule has 1 N–H and O–H groups in total. The third-order valence-electron chi connectivity index (χ3n) is 3.02. The van der Waals surface area contributed by atoms with Crippen LogP contribution in [0.3, 0.4) is 0 Å². The van der Waals surface area contributed by atoms with E-state index in [2.05, 4.69) is 4.98 Å². The summed E-state index contributed by atoms with van der Waals surface area (Å²) >= 11 is 0. The van der Waals surface area contributed by atoms with E-state index in [4.69, 9.17) is 9.84 Å². The normalized spacial score (nSPS) is 18.7. The number of hydrogen-bond donors (Lipinski definition) is 1. The summed E-state index contributed by atoms with van der Waals surface area (Å²) in [7, 11) is 1.45. The second-order valence-electron chi connectivity index (χ2n) is 4.14. The van der Waals surface area contributed by atoms with Crippen molar-refractivity contribution in [2.24, 2.45) is 5.92 Å². The maximum Gasteiger partial charge on any atom is 0.308 e. The minimum atomic E-state index is -0.858. The topological polar surface area (TPSA) is 79.7 Å². The van der Waals surface area contributed by atoms with Crippen molar-refractivity contribution in [1.82, 2.24) is 9.88 Å². The van der Waals surface area contributed by atoms with Gasteiger partial charge in [0.25, 0.3) is 5.91 Å². The van der Waals surface area contributed by atoms with E-state index in [1.54, 1.807) is 18.3 Å². The first-order valence-electron chi connectivity index (χ1n) is 5.64. The fraction of sp³-hybridized carbons (Fsp3) is 0.417. The lowest BCUT2D eigenvalue weighted by molar-refractivity contribution is -0.141. The molecule has 0 saturated carbocycles. The van der Waals surface area contributed by atoms with Crippen LogP contribution in [0.15, 0.2) is 18.3 Å². The van der Waals surface area contributed by atoms with E-state index >= 15 is 0 Å². The zero-order chi connectivity index (χ0) is 13.1. The van der Waals surface area contributed by atoms with Crippen molar-refractivity contribution in [2.45, 2.75) is 6.42 Å². The summed E-state index contributed by atoms with van der Waals surface area (Å²) in [6, 6.07) is 3.28. The molecule has 2 rings (SSSR count). The monoisotopic (exact) mass is 250 g/mol. The first kappa shape index (κ1) is 12.3. The van der Waals surface area contributed by atoms with Crippen molar-refractivity contribution in [3.63, 3.8) is 0 Å². The number of ether oxygens (including phenoxy) is 1. The van der Waals surface area contributed by atoms with E-state index < -0.39 is 11.9 Å². The van der Waals surface area contributed by atoms with E-state index in [1.807, 2.05) is 0 Å². The van der Waals surface area contributed by atoms with Crippen molar-refractivity contribution in [3.8, 4) is 5.88 Å². The van der Waals surface area contributed by atoms with Gasteiger partial charge in [-0.3, -0.25) is 9.59 Å². The molecule has 1 unspecified atom stereocenters. The van der Waals surface area contributed by atoms with Crippen LogP contribution < -0.4 is 4.74 Å². The molecule has 6 heteroatoms. The standard InChI is InChI=1S/C12H14N2O4/c1-18-10-9(3-2-5-13-10)11(15)14-6-4-8(7-14)12(16)17/h2-3,5,8H,4,6-7H2,1H3,(H,16,17). The van der Waals surface area contributed by atoms with Gasteiger partial charge in [-0.25, -0.2) is 4.98 Å². The molecular weight excluding hydrogens is 236 g/mol. The van der Waals surface area contributed by atoms with Gasteiger partial charge in [-0.1, -0.05) is 0 Å². The van der Waals surface area contributed by atoms with Crippen molar-refractivity contribution >= 4 is 11.9 Å². The lowest BCUT2D eigenvalue weighted by atomic mass is 10.1. The molecule has 18 heavy (non-hydrogen) atoms. The van der Waals surface area contributed by atoms with Gasteiger partial charge < -0.3 is 14.7 Å². The van der Waals surface area contributed by atoms with Gasteiger partial charge in [-0.2, -0.15) is 0 Å². The Morgan fingerprint density at radius 2 is 2.33 bits per heavy atom. The molecule has 1 aliphatic heterocycles. The smallest absolute Gasteiger partial charge is 0.308 e. The summed E-state index contributed by atoms with van der Waals surface area (Å²) < 4.78 is 5.03. The number of rotatable bonds is 3. The number of aliphatic carboxylic acids is 1. The second-order valence-corrected chi connectivity index (χ2v) is 4.14. The van der Waals surface area contributed by atoms with Gasteiger partial charge in [0.2, 0.25) is 5.88 Å². The van der Waals surface area contributed by atoms with Gasteiger partial charge in [0.1, 0.15) is 5.56 Å². The summed E-state index contributed by atoms with van der Waals surface area (Å²) in [5.41, 5.74) is 0.367. The maximum atomic E-state index is 12.2. The van der Waals surface area contributed by atoms with Crippen molar-refractivity contribution < 1.29 is 19.4 Å². The highest BCUT2D eigenvalue weighted by molar-refractivity contribution is 5.96. The highest BCUT2D eigenvalue weighted by Gasteiger charge is 2.32. The molecule has 0 aliphatic carbocycles. The molecule has 6 nitrogen and oxygen atoms in total. The van der Waals surface area contributed by atoms with E-state index in [-0.39, 0.29) is 18.3 Å². The molecular formula is C12H14N2O4. The van der Waals surface area contributed by atoms with Gasteiger partial charge >= 0.3 is 5.97 Å². The Morgan fingerprint density at radius 3 is 2.94 bits per heavy atom. The minimum absolute atomic E-state index is 0.233. The average Bonchev–Trinajstić information content (AvgIpc) is 2.87. The van der Waals surface area contributed by atoms with Crippen LogP contribution in [0, 0.1) is 5.92 Å². The number of aromatic nitrogens is 1. The van der Waals surface area contributed by atoms with Crippen molar-refractivity contribution in [2.75, 3.05) is 20.2 Å². The molecule has 1 fully saturated rings. The third kappa shape index (κ3) is 2.27. The third-order valence-corrected chi connectivity index (χ3v) is 3.02. The first-order chi connectivity index (χ1) is 8.63. The molecule has 0 spiro atoms. The number of hydrogen-bond acceptors (Lipinski definition) is 4. The highest BCUT2D eigenvalue weighted by atomic mass is 16.5. The molecule has 1 aromatic rings. The van der Waals surface area contributed by atoms with Crippen LogP contribution in [0.1, 0.15) is 16.8 Å². The summed E-state index contributed by atoms with van der Waals surface area (Å²) in [6.45, 7) is 0.695. The average molecular weight is 250 g/mol. The molecule has 1 atom stereocenters. The molecule has 1 saturated heterocycles. The molecule has 1 amide bonds. The van der Waals surface area contributed by atoms with Crippen LogP contribution in [0.25, 0.3) is 0 Å². The Morgan fingerprint density at radius 1 is 1.56 bits per heavy atom. The van der Waals surface area contributed by atoms with E-state index in [1.165, 1.54) is 12.0 Å². The number of amides is 1. The van der Waals surface area contributed by atoms with Gasteiger partial charge in [0, 0.05) is 19.3 Å². The SMILES string of the molecule is COc1ncccc1C(=O)N1CCC(C(=O)O)C1. The summed E-state index contributed by atoms with van der Waals surface area (Å²) in [5.74, 6) is -1.30. The Balaban J connectivity index is 2.15. The molecule has 1 aliphatic rings. The number of pyridine rings is 1. The van der Waals surface area contributed by atoms with Gasteiger partial charge in [-0.05, 0) is 18.6 Å². The summed E-state index contributed by atoms with van der Waals surface area (Å²) in [5, 5.41) is 8.91. The second kappa shape index (κ2) is 5.03. The van der Waals surface area contributed by atoms with Gasteiger partial charge in [0.15, 0.2) is 0 Å². The number of likely N-dealkylation sites (tertiary alicyclic amines) is 1. The predicted molar refractivity (Wildman–Crippen MR) is 62.4 cm³/mol. The van der Waals surface area contributed by atoms with Crippen LogP contribution in [-0.4, -0.2) is 47.1 Å². The lowest BCUT2D eigenvalue weighted by Gasteiger charge is -2.16. The maximum absolute atomic E-state index is 12.2. The van der Waals surface area contributed by atoms with Gasteiger partial charge in [0.05, 0.1) is 13.0 Å². The molecule has 2 heterocycles. The number of carbonyl (C=O) groups is 2. The molecule has 0 bridgehead atoms. The number of carbonyl (C=O) groups excluding carboxylic acids is 1. The Hall–Kier alpha value is -2.11. The molecule has 1 aromatic heterocycles. The number of methoxy groups -OCH3 is 1. The zero-order valence-corrected chi connectivity index (χ0v) is 10.00. The predicted octanol–water partition coefficient (Wildman–Crippen LogP) is 0.637. The highest BCUT2D eigenvalue weighted by Crippen LogP contribution is 2.22. The zero-order valence-electron chi connectivity index (χ0n) is 10.00. The largest absolute Gasteiger partial charge is 0.481 e. The van der Waals surface area contributed by atoms with E-state index in [9.17, 15) is 9.59 Å². The van der Waals surface area contributed by atoms with E-state index in [0.29, 0.717) is 18.5 Å². The summed E-state index contributed by atoms with van der Waals surface area (Å²) in [6.07, 6.45) is 2.03. The Bertz CT molecular complexity index is 475. The fourth-order valence-electron chi connectivity index (χ4n) is 2.03. The first-order valence-corrected chi connectivity index (χ1v) is 5.64. The van der Waals surface area contributed by atoms with Crippen molar-refractivity contribution in [3.05, 3.63) is 23.9 Å². The van der Waals surface area contributed by atoms with Crippen molar-refractivity contribution in [1.29, 1.82) is 0 Å². The number of carboxylic acid groups (broad SMARTS) is 1. The molecule has 0 aromatic carbocycles. The summed E-state index contributed by atoms with van der Waals surface area (Å²) in [4.78, 5) is 28.5.